The van der Waals surface area contributed by atoms with Crippen LogP contribution in [0.5, 0.6) is 0 Å². The highest BCUT2D eigenvalue weighted by atomic mass is 32.1. The second-order valence-electron chi connectivity index (χ2n) is 3.28. The van der Waals surface area contributed by atoms with E-state index in [0.29, 0.717) is 0 Å². The van der Waals surface area contributed by atoms with E-state index in [1.54, 1.807) is 11.3 Å². The van der Waals surface area contributed by atoms with Gasteiger partial charge in [0.25, 0.3) is 0 Å². The maximum absolute atomic E-state index is 4.60. The summed E-state index contributed by atoms with van der Waals surface area (Å²) in [5.74, 6) is 0. The molecule has 2 aromatic heterocycles. The topological polar surface area (TPSA) is 12.9 Å². The fourth-order valence-electron chi connectivity index (χ4n) is 1.55. The highest BCUT2D eigenvalue weighted by Crippen LogP contribution is 2.24. The van der Waals surface area contributed by atoms with Gasteiger partial charge in [0, 0.05) is 5.39 Å². The maximum atomic E-state index is 4.60. The number of fused-ring (bicyclic) bond motifs is 1. The third-order valence-electron chi connectivity index (χ3n) is 2.28. The Labute approximate surface area is 92.0 Å². The van der Waals surface area contributed by atoms with Crippen LogP contribution in [-0.4, -0.2) is 4.98 Å². The number of hydrogen-bond acceptors (Lipinski definition) is 2. The molecule has 3 aromatic rings. The molecule has 2 heterocycles. The molecule has 2 heteroatoms. The minimum absolute atomic E-state index is 1.00. The average Bonchev–Trinajstić information content (AvgIpc) is 2.82. The lowest BCUT2D eigenvalue weighted by Gasteiger charge is -1.99. The highest BCUT2D eigenvalue weighted by Gasteiger charge is 2.01. The first kappa shape index (κ1) is 8.62. The predicted molar refractivity (Wildman–Crippen MR) is 63.9 cm³/mol. The van der Waals surface area contributed by atoms with Gasteiger partial charge in [0.05, 0.1) is 16.1 Å². The van der Waals surface area contributed by atoms with Gasteiger partial charge in [0.1, 0.15) is 0 Å². The quantitative estimate of drug-likeness (QED) is 0.596. The van der Waals surface area contributed by atoms with Crippen molar-refractivity contribution in [2.75, 3.05) is 0 Å². The summed E-state index contributed by atoms with van der Waals surface area (Å²) in [7, 11) is 0. The van der Waals surface area contributed by atoms with E-state index in [2.05, 4.69) is 22.5 Å². The molecule has 0 amide bonds. The van der Waals surface area contributed by atoms with Crippen LogP contribution >= 0.6 is 11.3 Å². The van der Waals surface area contributed by atoms with Crippen molar-refractivity contribution in [3.8, 4) is 10.6 Å². The number of hydrogen-bond donors (Lipinski definition) is 0. The lowest BCUT2D eigenvalue weighted by molar-refractivity contribution is 1.42. The normalized spacial score (nSPS) is 10.7. The molecule has 0 aliphatic rings. The molecule has 3 rings (SSSR count). The Kier molecular flexibility index (Phi) is 2.00. The molecule has 0 unspecified atom stereocenters. The highest BCUT2D eigenvalue weighted by molar-refractivity contribution is 7.13. The van der Waals surface area contributed by atoms with Crippen LogP contribution in [0.4, 0.5) is 0 Å². The SMILES string of the molecule is [c]1cc(-c2cccs2)nc2ccccc12. The number of thiophene rings is 1. The van der Waals surface area contributed by atoms with Crippen LogP contribution in [0.2, 0.25) is 0 Å². The van der Waals surface area contributed by atoms with Crippen LogP contribution in [0.3, 0.4) is 0 Å². The molecule has 1 aromatic carbocycles. The summed E-state index contributed by atoms with van der Waals surface area (Å²) in [6, 6.07) is 17.4. The smallest absolute Gasteiger partial charge is 0.0815 e. The molecule has 0 bridgehead atoms. The standard InChI is InChI=1S/C13H8NS/c1-2-5-11-10(4-1)7-8-12(14-11)13-6-3-9-15-13/h1-6,8-9H. The predicted octanol–water partition coefficient (Wildman–Crippen LogP) is 3.76. The molecule has 0 aliphatic heterocycles. The van der Waals surface area contributed by atoms with E-state index in [0.717, 1.165) is 16.6 Å². The van der Waals surface area contributed by atoms with E-state index in [1.165, 1.54) is 4.88 Å². The van der Waals surface area contributed by atoms with Gasteiger partial charge in [-0.25, -0.2) is 4.98 Å². The minimum atomic E-state index is 1.00. The average molecular weight is 210 g/mol. The largest absolute Gasteiger partial charge is 0.247 e. The van der Waals surface area contributed by atoms with E-state index in [9.17, 15) is 0 Å². The summed E-state index contributed by atoms with van der Waals surface area (Å²) in [6.45, 7) is 0. The Balaban J connectivity index is 2.22. The Morgan fingerprint density at radius 1 is 1.07 bits per heavy atom. The van der Waals surface area contributed by atoms with Crippen molar-refractivity contribution in [1.29, 1.82) is 0 Å². The van der Waals surface area contributed by atoms with E-state index in [1.807, 2.05) is 36.4 Å². The molecule has 0 saturated carbocycles. The third kappa shape index (κ3) is 1.53. The molecule has 1 nitrogen and oxygen atoms in total. The van der Waals surface area contributed by atoms with Crippen molar-refractivity contribution < 1.29 is 0 Å². The van der Waals surface area contributed by atoms with Gasteiger partial charge >= 0.3 is 0 Å². The second kappa shape index (κ2) is 3.48. The zero-order valence-electron chi connectivity index (χ0n) is 7.97. The number of benzene rings is 1. The van der Waals surface area contributed by atoms with Gasteiger partial charge < -0.3 is 0 Å². The number of rotatable bonds is 1. The van der Waals surface area contributed by atoms with Crippen LogP contribution in [0.25, 0.3) is 21.5 Å². The number of aromatic nitrogens is 1. The summed E-state index contributed by atoms with van der Waals surface area (Å²) in [5, 5.41) is 3.13. The zero-order chi connectivity index (χ0) is 10.1. The van der Waals surface area contributed by atoms with Gasteiger partial charge in [-0.3, -0.25) is 0 Å². The lowest BCUT2D eigenvalue weighted by Crippen LogP contribution is -1.82. The molecule has 0 atom stereocenters. The van der Waals surface area contributed by atoms with Gasteiger partial charge in [0.15, 0.2) is 0 Å². The van der Waals surface area contributed by atoms with Crippen molar-refractivity contribution in [2.45, 2.75) is 0 Å². The number of nitrogens with zero attached hydrogens (tertiary/aromatic N) is 1. The lowest BCUT2D eigenvalue weighted by atomic mass is 10.2. The molecule has 15 heavy (non-hydrogen) atoms. The van der Waals surface area contributed by atoms with Crippen molar-refractivity contribution in [3.63, 3.8) is 0 Å². The summed E-state index contributed by atoms with van der Waals surface area (Å²) >= 11 is 1.70. The van der Waals surface area contributed by atoms with Crippen LogP contribution in [0.15, 0.2) is 47.8 Å². The van der Waals surface area contributed by atoms with Crippen molar-refractivity contribution in [1.82, 2.24) is 4.98 Å². The van der Waals surface area contributed by atoms with Crippen LogP contribution in [-0.2, 0) is 0 Å². The minimum Gasteiger partial charge on any atom is -0.247 e. The van der Waals surface area contributed by atoms with Gasteiger partial charge in [0.2, 0.25) is 0 Å². The number of para-hydroxylation sites is 1. The van der Waals surface area contributed by atoms with Crippen molar-refractivity contribution in [3.05, 3.63) is 53.9 Å². The first-order chi connectivity index (χ1) is 7.43. The fourth-order valence-corrected chi connectivity index (χ4v) is 2.24. The van der Waals surface area contributed by atoms with E-state index in [-0.39, 0.29) is 0 Å². The summed E-state index contributed by atoms with van der Waals surface area (Å²) in [4.78, 5) is 5.79. The van der Waals surface area contributed by atoms with E-state index in [4.69, 9.17) is 0 Å². The Morgan fingerprint density at radius 2 is 2.00 bits per heavy atom. The van der Waals surface area contributed by atoms with Crippen LogP contribution < -0.4 is 0 Å². The molecule has 0 N–H and O–H groups in total. The van der Waals surface area contributed by atoms with Gasteiger partial charge in [-0.1, -0.05) is 24.3 Å². The van der Waals surface area contributed by atoms with Crippen LogP contribution in [0.1, 0.15) is 0 Å². The van der Waals surface area contributed by atoms with Crippen LogP contribution in [0, 0.1) is 6.07 Å². The second-order valence-corrected chi connectivity index (χ2v) is 4.23. The first-order valence-corrected chi connectivity index (χ1v) is 5.63. The molecular formula is C13H8NS. The van der Waals surface area contributed by atoms with Gasteiger partial charge in [-0.2, -0.15) is 0 Å². The summed E-state index contributed by atoms with van der Waals surface area (Å²) in [5.41, 5.74) is 2.01. The van der Waals surface area contributed by atoms with Crippen molar-refractivity contribution in [2.24, 2.45) is 0 Å². The van der Waals surface area contributed by atoms with Crippen molar-refractivity contribution >= 4 is 22.2 Å². The first-order valence-electron chi connectivity index (χ1n) is 4.75. The Morgan fingerprint density at radius 3 is 2.87 bits per heavy atom. The molecule has 0 fully saturated rings. The molecule has 1 radical (unpaired) electrons. The molecule has 0 spiro atoms. The third-order valence-corrected chi connectivity index (χ3v) is 3.18. The molecule has 0 aliphatic carbocycles. The summed E-state index contributed by atoms with van der Waals surface area (Å²) < 4.78 is 0. The Hall–Kier alpha value is -1.67. The summed E-state index contributed by atoms with van der Waals surface area (Å²) in [6.07, 6.45) is 0. The van der Waals surface area contributed by atoms with E-state index < -0.39 is 0 Å². The fraction of sp³-hybridized carbons (Fsp3) is 0. The number of pyridine rings is 1. The zero-order valence-corrected chi connectivity index (χ0v) is 8.79. The molecule has 71 valence electrons. The molecular weight excluding hydrogens is 202 g/mol. The van der Waals surface area contributed by atoms with E-state index >= 15 is 0 Å². The van der Waals surface area contributed by atoms with Gasteiger partial charge in [-0.15, -0.1) is 11.3 Å². The maximum Gasteiger partial charge on any atom is 0.0815 e. The molecule has 0 saturated heterocycles. The Bertz CT molecular complexity index is 584. The monoisotopic (exact) mass is 210 g/mol. The van der Waals surface area contributed by atoms with Gasteiger partial charge in [-0.05, 0) is 29.6 Å².